The number of carbonyl (C=O) groups excluding carboxylic acids is 2. The molecule has 2 N–H and O–H groups in total. The van der Waals surface area contributed by atoms with Crippen molar-refractivity contribution in [3.8, 4) is 0 Å². The van der Waals surface area contributed by atoms with Gasteiger partial charge in [-0.25, -0.2) is 14.5 Å². The largest absolute Gasteiger partial charge is 0.347 e. The summed E-state index contributed by atoms with van der Waals surface area (Å²) in [7, 11) is 0. The molecule has 2 aromatic carbocycles. The average molecular weight is 441 g/mol. The lowest BCUT2D eigenvalue weighted by atomic mass is 10.2. The van der Waals surface area contributed by atoms with Crippen LogP contribution in [0.25, 0.3) is 11.0 Å². The van der Waals surface area contributed by atoms with Crippen molar-refractivity contribution in [1.82, 2.24) is 25.0 Å². The van der Waals surface area contributed by atoms with Crippen LogP contribution < -0.4 is 10.6 Å². The highest BCUT2D eigenvalue weighted by Gasteiger charge is 2.27. The summed E-state index contributed by atoms with van der Waals surface area (Å²) in [5, 5.41) is 11.2. The molecule has 0 bridgehead atoms. The summed E-state index contributed by atoms with van der Waals surface area (Å²) in [6, 6.07) is 20.9. The van der Waals surface area contributed by atoms with Gasteiger partial charge in [-0.15, -0.1) is 0 Å². The second-order valence-corrected chi connectivity index (χ2v) is 8.13. The number of fused-ring (bicyclic) bond motifs is 1. The number of nitrogens with zero attached hydrogens (tertiary/aromatic N) is 4. The van der Waals surface area contributed by atoms with Crippen molar-refractivity contribution in [2.24, 2.45) is 0 Å². The number of pyridine rings is 1. The number of hydrogen-bond donors (Lipinski definition) is 2. The van der Waals surface area contributed by atoms with Crippen LogP contribution in [0.3, 0.4) is 0 Å². The van der Waals surface area contributed by atoms with Crippen molar-refractivity contribution in [1.29, 1.82) is 0 Å². The summed E-state index contributed by atoms with van der Waals surface area (Å²) in [5.74, 6) is -0.199. The summed E-state index contributed by atoms with van der Waals surface area (Å²) in [5.41, 5.74) is 3.10. The second kappa shape index (κ2) is 9.12. The molecule has 1 fully saturated rings. The molecule has 1 aliphatic heterocycles. The zero-order valence-electron chi connectivity index (χ0n) is 18.0. The van der Waals surface area contributed by atoms with Gasteiger partial charge in [-0.05, 0) is 30.2 Å². The molecule has 4 aromatic rings. The molecule has 0 radical (unpaired) electrons. The van der Waals surface area contributed by atoms with Crippen LogP contribution in [0.4, 0.5) is 10.5 Å². The Kier molecular flexibility index (Phi) is 5.72. The summed E-state index contributed by atoms with van der Waals surface area (Å²) in [6.45, 7) is 1.67. The minimum absolute atomic E-state index is 0.101. The van der Waals surface area contributed by atoms with Crippen LogP contribution in [0.1, 0.15) is 22.3 Å². The second-order valence-electron chi connectivity index (χ2n) is 8.13. The van der Waals surface area contributed by atoms with E-state index in [0.717, 1.165) is 22.3 Å². The number of anilines is 1. The van der Waals surface area contributed by atoms with E-state index in [0.29, 0.717) is 31.6 Å². The number of rotatable bonds is 5. The first-order valence-corrected chi connectivity index (χ1v) is 10.9. The maximum absolute atomic E-state index is 12.8. The Labute approximate surface area is 191 Å². The summed E-state index contributed by atoms with van der Waals surface area (Å²) in [6.07, 6.45) is 4.02. The molecular weight excluding hydrogens is 416 g/mol. The van der Waals surface area contributed by atoms with Crippen molar-refractivity contribution < 1.29 is 9.59 Å². The third-order valence-corrected chi connectivity index (χ3v) is 5.75. The van der Waals surface area contributed by atoms with Crippen LogP contribution >= 0.6 is 0 Å². The Bertz CT molecular complexity index is 1270. The molecule has 166 valence electrons. The lowest BCUT2D eigenvalue weighted by Crippen LogP contribution is -2.39. The van der Waals surface area contributed by atoms with Gasteiger partial charge in [0.25, 0.3) is 5.91 Å². The number of para-hydroxylation sites is 1. The maximum Gasteiger partial charge on any atom is 0.321 e. The zero-order chi connectivity index (χ0) is 22.6. The van der Waals surface area contributed by atoms with E-state index in [1.54, 1.807) is 23.4 Å². The molecule has 2 aromatic heterocycles. The molecule has 3 heterocycles. The van der Waals surface area contributed by atoms with Crippen molar-refractivity contribution in [2.45, 2.75) is 19.0 Å². The van der Waals surface area contributed by atoms with E-state index < -0.39 is 0 Å². The molecule has 0 saturated carbocycles. The first kappa shape index (κ1) is 20.7. The SMILES string of the molecule is O=C(NC1CCN(C(=O)Nc2ccccc2)C1)c1cnc2c(cnn2Cc2ccccc2)c1. The van der Waals surface area contributed by atoms with E-state index in [9.17, 15) is 9.59 Å². The lowest BCUT2D eigenvalue weighted by Gasteiger charge is -2.18. The van der Waals surface area contributed by atoms with Crippen molar-refractivity contribution >= 4 is 28.7 Å². The molecule has 3 amide bonds. The molecule has 8 nitrogen and oxygen atoms in total. The molecule has 0 aliphatic carbocycles. The van der Waals surface area contributed by atoms with Gasteiger partial charge in [-0.3, -0.25) is 4.79 Å². The van der Waals surface area contributed by atoms with Crippen LogP contribution in [-0.2, 0) is 6.54 Å². The number of nitrogens with one attached hydrogen (secondary N) is 2. The van der Waals surface area contributed by atoms with E-state index >= 15 is 0 Å². The van der Waals surface area contributed by atoms with Crippen LogP contribution in [0.15, 0.2) is 79.1 Å². The van der Waals surface area contributed by atoms with Gasteiger partial charge in [-0.1, -0.05) is 48.5 Å². The number of carbonyl (C=O) groups is 2. The topological polar surface area (TPSA) is 92.2 Å². The molecule has 5 rings (SSSR count). The number of aromatic nitrogens is 3. The molecule has 1 unspecified atom stereocenters. The van der Waals surface area contributed by atoms with Gasteiger partial charge in [0.15, 0.2) is 5.65 Å². The van der Waals surface area contributed by atoms with Gasteiger partial charge >= 0.3 is 6.03 Å². The summed E-state index contributed by atoms with van der Waals surface area (Å²) >= 11 is 0. The standard InChI is InChI=1S/C25H24N6O2/c32-24(28-22-11-12-30(17-22)25(33)29-21-9-5-2-6-10-21)20-13-19-15-27-31(23(19)26-14-20)16-18-7-3-1-4-8-18/h1-10,13-15,22H,11-12,16-17H2,(H,28,32)(H,29,33). The van der Waals surface area contributed by atoms with Crippen LogP contribution in [0, 0.1) is 0 Å². The van der Waals surface area contributed by atoms with Crippen molar-refractivity contribution in [3.63, 3.8) is 0 Å². The van der Waals surface area contributed by atoms with E-state index in [4.69, 9.17) is 0 Å². The molecule has 8 heteroatoms. The zero-order valence-corrected chi connectivity index (χ0v) is 18.0. The van der Waals surface area contributed by atoms with Crippen LogP contribution in [-0.4, -0.2) is 50.7 Å². The first-order chi connectivity index (χ1) is 16.2. The highest BCUT2D eigenvalue weighted by molar-refractivity contribution is 5.97. The summed E-state index contributed by atoms with van der Waals surface area (Å²) < 4.78 is 1.83. The number of hydrogen-bond acceptors (Lipinski definition) is 4. The van der Waals surface area contributed by atoms with Crippen molar-refractivity contribution in [2.75, 3.05) is 18.4 Å². The average Bonchev–Trinajstić information content (AvgIpc) is 3.47. The molecular formula is C25H24N6O2. The monoisotopic (exact) mass is 440 g/mol. The van der Waals surface area contributed by atoms with Gasteiger partial charge in [0.2, 0.25) is 0 Å². The Balaban J connectivity index is 1.20. The lowest BCUT2D eigenvalue weighted by molar-refractivity contribution is 0.0938. The molecule has 1 saturated heterocycles. The van der Waals surface area contributed by atoms with Gasteiger partial charge < -0.3 is 15.5 Å². The van der Waals surface area contributed by atoms with E-state index in [-0.39, 0.29) is 18.0 Å². The first-order valence-electron chi connectivity index (χ1n) is 10.9. The molecule has 33 heavy (non-hydrogen) atoms. The predicted octanol–water partition coefficient (Wildman–Crippen LogP) is 3.52. The highest BCUT2D eigenvalue weighted by atomic mass is 16.2. The minimum Gasteiger partial charge on any atom is -0.347 e. The van der Waals surface area contributed by atoms with Gasteiger partial charge in [0.05, 0.1) is 18.3 Å². The Morgan fingerprint density at radius 1 is 1.00 bits per heavy atom. The fourth-order valence-corrected chi connectivity index (χ4v) is 4.02. The van der Waals surface area contributed by atoms with Crippen molar-refractivity contribution in [3.05, 3.63) is 90.3 Å². The van der Waals surface area contributed by atoms with Crippen LogP contribution in [0.2, 0.25) is 0 Å². The highest BCUT2D eigenvalue weighted by Crippen LogP contribution is 2.17. The van der Waals surface area contributed by atoms with E-state index in [1.807, 2.05) is 65.3 Å². The minimum atomic E-state index is -0.199. The Morgan fingerprint density at radius 3 is 2.55 bits per heavy atom. The Hall–Kier alpha value is -4.20. The van der Waals surface area contributed by atoms with E-state index in [1.165, 1.54) is 0 Å². The predicted molar refractivity (Wildman–Crippen MR) is 126 cm³/mol. The molecule has 1 atom stereocenters. The molecule has 1 aliphatic rings. The maximum atomic E-state index is 12.8. The third kappa shape index (κ3) is 4.69. The number of likely N-dealkylation sites (tertiary alicyclic amines) is 1. The fourth-order valence-electron chi connectivity index (χ4n) is 4.02. The number of urea groups is 1. The fraction of sp³-hybridized carbons (Fsp3) is 0.200. The third-order valence-electron chi connectivity index (χ3n) is 5.75. The molecule has 0 spiro atoms. The van der Waals surface area contributed by atoms with E-state index in [2.05, 4.69) is 20.7 Å². The number of benzene rings is 2. The van der Waals surface area contributed by atoms with Gasteiger partial charge in [-0.2, -0.15) is 5.10 Å². The quantitative estimate of drug-likeness (QED) is 0.497. The Morgan fingerprint density at radius 2 is 1.76 bits per heavy atom. The number of amides is 3. The van der Waals surface area contributed by atoms with Crippen LogP contribution in [0.5, 0.6) is 0 Å². The summed E-state index contributed by atoms with van der Waals surface area (Å²) in [4.78, 5) is 31.5. The smallest absolute Gasteiger partial charge is 0.321 e. The van der Waals surface area contributed by atoms with Gasteiger partial charge in [0, 0.05) is 36.4 Å². The van der Waals surface area contributed by atoms with Gasteiger partial charge in [0.1, 0.15) is 0 Å². The normalized spacial score (nSPS) is 15.5.